The van der Waals surface area contributed by atoms with Crippen LogP contribution in [0.5, 0.6) is 5.75 Å². The first-order chi connectivity index (χ1) is 15.9. The minimum atomic E-state index is -0.494. The van der Waals surface area contributed by atoms with E-state index in [2.05, 4.69) is 16.0 Å². The maximum absolute atomic E-state index is 12.7. The van der Waals surface area contributed by atoms with Gasteiger partial charge in [-0.2, -0.15) is 0 Å². The first-order valence-corrected chi connectivity index (χ1v) is 10.2. The highest BCUT2D eigenvalue weighted by Crippen LogP contribution is 2.29. The molecule has 2 aromatic carbocycles. The number of furan rings is 1. The van der Waals surface area contributed by atoms with Crippen molar-refractivity contribution in [3.8, 4) is 5.75 Å². The van der Waals surface area contributed by atoms with Gasteiger partial charge in [0.25, 0.3) is 5.91 Å². The molecule has 170 valence electrons. The molecule has 1 aliphatic heterocycles. The van der Waals surface area contributed by atoms with Crippen LogP contribution in [0.25, 0.3) is 11.0 Å². The van der Waals surface area contributed by atoms with Crippen molar-refractivity contribution >= 4 is 46.1 Å². The van der Waals surface area contributed by atoms with E-state index in [0.29, 0.717) is 28.3 Å². The second-order valence-corrected chi connectivity index (χ2v) is 7.45. The van der Waals surface area contributed by atoms with Crippen LogP contribution in [-0.4, -0.2) is 48.9 Å². The van der Waals surface area contributed by atoms with Crippen LogP contribution in [0.4, 0.5) is 16.2 Å². The number of nitrogens with zero attached hydrogens (tertiary/aromatic N) is 1. The Kier molecular flexibility index (Phi) is 5.99. The standard InChI is InChI=1S/C23H22N4O6/c1-13-17-11-16(32-2)7-8-18(17)33-21(13)22(30)26-15-5-3-14(4-6-15)25-19(28)9-10-27-20(29)12-24-23(27)31/h3-8,11H,9-10,12H2,1-2H3,(H,24,31)(H,25,28)(H,26,30). The van der Waals surface area contributed by atoms with Gasteiger partial charge in [0, 0.05) is 35.3 Å². The van der Waals surface area contributed by atoms with Crippen LogP contribution in [0.2, 0.25) is 0 Å². The van der Waals surface area contributed by atoms with Crippen LogP contribution >= 0.6 is 0 Å². The molecule has 1 saturated heterocycles. The van der Waals surface area contributed by atoms with E-state index in [4.69, 9.17) is 9.15 Å². The Morgan fingerprint density at radius 3 is 2.42 bits per heavy atom. The molecule has 10 nitrogen and oxygen atoms in total. The van der Waals surface area contributed by atoms with Crippen LogP contribution in [0.1, 0.15) is 22.5 Å². The van der Waals surface area contributed by atoms with Gasteiger partial charge in [-0.3, -0.25) is 19.3 Å². The lowest BCUT2D eigenvalue weighted by Crippen LogP contribution is -2.33. The number of hydrogen-bond acceptors (Lipinski definition) is 6. The fourth-order valence-corrected chi connectivity index (χ4v) is 3.49. The van der Waals surface area contributed by atoms with Crippen molar-refractivity contribution in [2.75, 3.05) is 30.8 Å². The maximum Gasteiger partial charge on any atom is 0.324 e. The highest BCUT2D eigenvalue weighted by molar-refractivity contribution is 6.06. The molecule has 0 saturated carbocycles. The van der Waals surface area contributed by atoms with Crippen LogP contribution in [0.15, 0.2) is 46.9 Å². The highest BCUT2D eigenvalue weighted by Gasteiger charge is 2.28. The van der Waals surface area contributed by atoms with E-state index in [0.717, 1.165) is 10.3 Å². The topological polar surface area (TPSA) is 130 Å². The Morgan fingerprint density at radius 2 is 1.79 bits per heavy atom. The molecule has 0 spiro atoms. The third-order valence-electron chi connectivity index (χ3n) is 5.28. The summed E-state index contributed by atoms with van der Waals surface area (Å²) in [6.45, 7) is 1.76. The number of ether oxygens (including phenoxy) is 1. The molecule has 1 aliphatic rings. The van der Waals surface area contributed by atoms with Crippen molar-refractivity contribution in [2.45, 2.75) is 13.3 Å². The lowest BCUT2D eigenvalue weighted by Gasteiger charge is -2.12. The van der Waals surface area contributed by atoms with Gasteiger partial charge in [0.1, 0.15) is 11.3 Å². The number of carbonyl (C=O) groups is 4. The van der Waals surface area contributed by atoms with Gasteiger partial charge < -0.3 is 25.1 Å². The minimum absolute atomic E-state index is 0.00731. The summed E-state index contributed by atoms with van der Waals surface area (Å²) in [5.41, 5.74) is 2.33. The number of aryl methyl sites for hydroxylation is 1. The monoisotopic (exact) mass is 450 g/mol. The number of fused-ring (bicyclic) bond motifs is 1. The van der Waals surface area contributed by atoms with Crippen LogP contribution < -0.4 is 20.7 Å². The van der Waals surface area contributed by atoms with Crippen molar-refractivity contribution in [3.05, 3.63) is 53.8 Å². The number of hydrogen-bond donors (Lipinski definition) is 3. The van der Waals surface area contributed by atoms with Gasteiger partial charge in [0.15, 0.2) is 5.76 Å². The van der Waals surface area contributed by atoms with Crippen molar-refractivity contribution in [1.82, 2.24) is 10.2 Å². The van der Waals surface area contributed by atoms with Crippen LogP contribution in [-0.2, 0) is 9.59 Å². The van der Waals surface area contributed by atoms with E-state index in [1.54, 1.807) is 50.4 Å². The van der Waals surface area contributed by atoms with Gasteiger partial charge in [-0.15, -0.1) is 0 Å². The van der Waals surface area contributed by atoms with E-state index in [-0.39, 0.29) is 37.1 Å². The number of rotatable bonds is 7. The zero-order valence-electron chi connectivity index (χ0n) is 18.1. The number of imide groups is 1. The van der Waals surface area contributed by atoms with E-state index >= 15 is 0 Å². The van der Waals surface area contributed by atoms with Crippen molar-refractivity contribution in [2.24, 2.45) is 0 Å². The normalized spacial score (nSPS) is 13.2. The van der Waals surface area contributed by atoms with E-state index < -0.39 is 11.9 Å². The molecule has 3 N–H and O–H groups in total. The Hall–Kier alpha value is -4.34. The molecular weight excluding hydrogens is 428 g/mol. The largest absolute Gasteiger partial charge is 0.497 e. The molecular formula is C23H22N4O6. The highest BCUT2D eigenvalue weighted by atomic mass is 16.5. The molecule has 2 heterocycles. The van der Waals surface area contributed by atoms with E-state index in [1.165, 1.54) is 0 Å². The van der Waals surface area contributed by atoms with Gasteiger partial charge in [-0.25, -0.2) is 4.79 Å². The van der Waals surface area contributed by atoms with E-state index in [9.17, 15) is 19.2 Å². The zero-order chi connectivity index (χ0) is 23.5. The fraction of sp³-hybridized carbons (Fsp3) is 0.217. The quantitative estimate of drug-likeness (QED) is 0.475. The first-order valence-electron chi connectivity index (χ1n) is 10.2. The third-order valence-corrected chi connectivity index (χ3v) is 5.28. The van der Waals surface area contributed by atoms with Crippen molar-refractivity contribution < 1.29 is 28.3 Å². The minimum Gasteiger partial charge on any atom is -0.497 e. The summed E-state index contributed by atoms with van der Waals surface area (Å²) in [5, 5.41) is 8.67. The average molecular weight is 450 g/mol. The molecule has 1 fully saturated rings. The predicted molar refractivity (Wildman–Crippen MR) is 120 cm³/mol. The lowest BCUT2D eigenvalue weighted by molar-refractivity contribution is -0.125. The van der Waals surface area contributed by atoms with Gasteiger partial charge in [-0.05, 0) is 49.4 Å². The molecule has 1 aromatic heterocycles. The summed E-state index contributed by atoms with van der Waals surface area (Å²) in [6, 6.07) is 11.4. The lowest BCUT2D eigenvalue weighted by atomic mass is 10.1. The summed E-state index contributed by atoms with van der Waals surface area (Å²) in [7, 11) is 1.57. The van der Waals surface area contributed by atoms with Gasteiger partial charge in [-0.1, -0.05) is 0 Å². The molecule has 10 heteroatoms. The van der Waals surface area contributed by atoms with Gasteiger partial charge >= 0.3 is 6.03 Å². The molecule has 5 amide bonds. The molecule has 0 atom stereocenters. The van der Waals surface area contributed by atoms with E-state index in [1.807, 2.05) is 6.07 Å². The molecule has 4 rings (SSSR count). The second kappa shape index (κ2) is 9.03. The summed E-state index contributed by atoms with van der Waals surface area (Å²) >= 11 is 0. The second-order valence-electron chi connectivity index (χ2n) is 7.45. The Bertz CT molecular complexity index is 1230. The molecule has 0 radical (unpaired) electrons. The first kappa shape index (κ1) is 21.9. The molecule has 0 aliphatic carbocycles. The third kappa shape index (κ3) is 4.64. The van der Waals surface area contributed by atoms with Crippen LogP contribution in [0, 0.1) is 6.92 Å². The average Bonchev–Trinajstić information content (AvgIpc) is 3.31. The number of nitrogens with one attached hydrogen (secondary N) is 3. The number of carbonyl (C=O) groups excluding carboxylic acids is 4. The predicted octanol–water partition coefficient (Wildman–Crippen LogP) is 2.88. The number of benzene rings is 2. The molecule has 0 unspecified atom stereocenters. The van der Waals surface area contributed by atoms with Crippen molar-refractivity contribution in [1.29, 1.82) is 0 Å². The molecule has 0 bridgehead atoms. The summed E-state index contributed by atoms with van der Waals surface area (Å²) < 4.78 is 10.9. The summed E-state index contributed by atoms with van der Waals surface area (Å²) in [4.78, 5) is 48.9. The Labute approximate surface area is 188 Å². The fourth-order valence-electron chi connectivity index (χ4n) is 3.49. The number of amides is 5. The summed E-state index contributed by atoms with van der Waals surface area (Å²) in [5.74, 6) is -0.213. The number of anilines is 2. The van der Waals surface area contributed by atoms with Gasteiger partial charge in [0.05, 0.1) is 13.7 Å². The van der Waals surface area contributed by atoms with Gasteiger partial charge in [0.2, 0.25) is 11.8 Å². The molecule has 3 aromatic rings. The Morgan fingerprint density at radius 1 is 1.09 bits per heavy atom. The maximum atomic E-state index is 12.7. The SMILES string of the molecule is COc1ccc2oc(C(=O)Nc3ccc(NC(=O)CCN4C(=O)CNC4=O)cc3)c(C)c2c1. The van der Waals surface area contributed by atoms with Crippen LogP contribution in [0.3, 0.4) is 0 Å². The Balaban J connectivity index is 1.35. The number of methoxy groups -OCH3 is 1. The molecule has 33 heavy (non-hydrogen) atoms. The van der Waals surface area contributed by atoms with Crippen molar-refractivity contribution in [3.63, 3.8) is 0 Å². The smallest absolute Gasteiger partial charge is 0.324 e. The number of urea groups is 1. The zero-order valence-corrected chi connectivity index (χ0v) is 18.1. The summed E-state index contributed by atoms with van der Waals surface area (Å²) in [6.07, 6.45) is -0.0201.